The van der Waals surface area contributed by atoms with Crippen LogP contribution in [0.4, 0.5) is 0 Å². The number of halogens is 1. The highest BCUT2D eigenvalue weighted by Crippen LogP contribution is 2.31. The van der Waals surface area contributed by atoms with E-state index < -0.39 is 0 Å². The standard InChI is InChI=1S/C9H15ClO/c1-2-3-5-9(8-10)6-4-7-11-9/h2H,1,3-8H2. The summed E-state index contributed by atoms with van der Waals surface area (Å²) in [6.45, 7) is 4.57. The lowest BCUT2D eigenvalue weighted by Crippen LogP contribution is -2.29. The molecule has 1 aliphatic heterocycles. The summed E-state index contributed by atoms with van der Waals surface area (Å²) in [7, 11) is 0. The number of hydrogen-bond acceptors (Lipinski definition) is 1. The second-order valence-electron chi connectivity index (χ2n) is 3.10. The molecule has 1 atom stereocenters. The SMILES string of the molecule is C=CCCC1(CCl)CCCO1. The monoisotopic (exact) mass is 174 g/mol. The van der Waals surface area contributed by atoms with Gasteiger partial charge in [0.15, 0.2) is 0 Å². The molecule has 1 saturated heterocycles. The van der Waals surface area contributed by atoms with Crippen molar-refractivity contribution in [3.8, 4) is 0 Å². The Morgan fingerprint density at radius 2 is 2.45 bits per heavy atom. The minimum Gasteiger partial charge on any atom is -0.374 e. The van der Waals surface area contributed by atoms with Gasteiger partial charge in [-0.3, -0.25) is 0 Å². The minimum absolute atomic E-state index is 0.0181. The van der Waals surface area contributed by atoms with Gasteiger partial charge in [0.05, 0.1) is 11.5 Å². The molecule has 0 saturated carbocycles. The first-order valence-corrected chi connectivity index (χ1v) is 4.67. The highest BCUT2D eigenvalue weighted by Gasteiger charge is 2.33. The molecule has 0 amide bonds. The fourth-order valence-electron chi connectivity index (χ4n) is 1.49. The zero-order valence-corrected chi connectivity index (χ0v) is 7.57. The van der Waals surface area contributed by atoms with E-state index in [2.05, 4.69) is 6.58 Å². The van der Waals surface area contributed by atoms with Gasteiger partial charge in [0.25, 0.3) is 0 Å². The summed E-state index contributed by atoms with van der Waals surface area (Å²) in [5, 5.41) is 0. The van der Waals surface area contributed by atoms with Crippen LogP contribution in [-0.2, 0) is 4.74 Å². The molecule has 0 spiro atoms. The molecule has 0 N–H and O–H groups in total. The fourth-order valence-corrected chi connectivity index (χ4v) is 1.83. The molecule has 0 radical (unpaired) electrons. The molecule has 1 nitrogen and oxygen atoms in total. The Morgan fingerprint density at radius 3 is 2.91 bits per heavy atom. The molecule has 2 heteroatoms. The Balaban J connectivity index is 2.38. The van der Waals surface area contributed by atoms with Crippen LogP contribution in [0.25, 0.3) is 0 Å². The van der Waals surface area contributed by atoms with Crippen molar-refractivity contribution in [2.24, 2.45) is 0 Å². The molecule has 0 aromatic carbocycles. The maximum atomic E-state index is 5.84. The lowest BCUT2D eigenvalue weighted by molar-refractivity contribution is 0.0172. The van der Waals surface area contributed by atoms with Crippen molar-refractivity contribution in [3.05, 3.63) is 12.7 Å². The Labute approximate surface area is 73.4 Å². The van der Waals surface area contributed by atoms with Crippen LogP contribution in [0.5, 0.6) is 0 Å². The smallest absolute Gasteiger partial charge is 0.0821 e. The molecular formula is C9H15ClO. The van der Waals surface area contributed by atoms with Crippen molar-refractivity contribution in [1.29, 1.82) is 0 Å². The van der Waals surface area contributed by atoms with Gasteiger partial charge in [-0.05, 0) is 25.7 Å². The summed E-state index contributed by atoms with van der Waals surface area (Å²) in [5.41, 5.74) is -0.0181. The average Bonchev–Trinajstić information content (AvgIpc) is 2.50. The molecule has 1 unspecified atom stereocenters. The first-order chi connectivity index (χ1) is 5.33. The van der Waals surface area contributed by atoms with Gasteiger partial charge in [-0.25, -0.2) is 0 Å². The Morgan fingerprint density at radius 1 is 1.64 bits per heavy atom. The van der Waals surface area contributed by atoms with E-state index in [4.69, 9.17) is 16.3 Å². The van der Waals surface area contributed by atoms with E-state index in [9.17, 15) is 0 Å². The van der Waals surface area contributed by atoms with Gasteiger partial charge in [-0.15, -0.1) is 18.2 Å². The number of alkyl halides is 1. The van der Waals surface area contributed by atoms with Crippen molar-refractivity contribution in [1.82, 2.24) is 0 Å². The largest absolute Gasteiger partial charge is 0.374 e. The number of ether oxygens (including phenoxy) is 1. The van der Waals surface area contributed by atoms with Gasteiger partial charge in [0, 0.05) is 6.61 Å². The highest BCUT2D eigenvalue weighted by atomic mass is 35.5. The maximum absolute atomic E-state index is 5.84. The molecular weight excluding hydrogens is 160 g/mol. The summed E-state index contributed by atoms with van der Waals surface area (Å²) < 4.78 is 5.61. The molecule has 0 aromatic rings. The van der Waals surface area contributed by atoms with E-state index in [0.29, 0.717) is 5.88 Å². The Hall–Kier alpha value is -0.0100. The van der Waals surface area contributed by atoms with E-state index in [1.807, 2.05) is 6.08 Å². The molecule has 0 bridgehead atoms. The fraction of sp³-hybridized carbons (Fsp3) is 0.778. The Kier molecular flexibility index (Phi) is 3.41. The van der Waals surface area contributed by atoms with Gasteiger partial charge in [-0.1, -0.05) is 6.08 Å². The number of hydrogen-bond donors (Lipinski definition) is 0. The molecule has 1 fully saturated rings. The van der Waals surface area contributed by atoms with Crippen molar-refractivity contribution in [2.75, 3.05) is 12.5 Å². The third kappa shape index (κ3) is 2.21. The van der Waals surface area contributed by atoms with E-state index in [1.54, 1.807) is 0 Å². The van der Waals surface area contributed by atoms with Crippen LogP contribution in [-0.4, -0.2) is 18.1 Å². The molecule has 1 rings (SSSR count). The van der Waals surface area contributed by atoms with Gasteiger partial charge in [0.2, 0.25) is 0 Å². The molecule has 0 aliphatic carbocycles. The predicted molar refractivity (Wildman–Crippen MR) is 48.1 cm³/mol. The maximum Gasteiger partial charge on any atom is 0.0821 e. The zero-order chi connectivity index (χ0) is 8.16. The third-order valence-corrected chi connectivity index (χ3v) is 2.72. The molecule has 64 valence electrons. The van der Waals surface area contributed by atoms with Crippen LogP contribution in [0.3, 0.4) is 0 Å². The predicted octanol–water partition coefficient (Wildman–Crippen LogP) is 2.74. The van der Waals surface area contributed by atoms with Crippen LogP contribution in [0, 0.1) is 0 Å². The quantitative estimate of drug-likeness (QED) is 0.471. The van der Waals surface area contributed by atoms with E-state index >= 15 is 0 Å². The zero-order valence-electron chi connectivity index (χ0n) is 6.81. The number of allylic oxidation sites excluding steroid dienone is 1. The van der Waals surface area contributed by atoms with Crippen molar-refractivity contribution < 1.29 is 4.74 Å². The van der Waals surface area contributed by atoms with Crippen molar-refractivity contribution in [2.45, 2.75) is 31.3 Å². The Bertz CT molecular complexity index is 128. The summed E-state index contributed by atoms with van der Waals surface area (Å²) in [6, 6.07) is 0. The lowest BCUT2D eigenvalue weighted by atomic mass is 9.96. The second-order valence-corrected chi connectivity index (χ2v) is 3.36. The summed E-state index contributed by atoms with van der Waals surface area (Å²) in [6.07, 6.45) is 6.23. The summed E-state index contributed by atoms with van der Waals surface area (Å²) in [5.74, 6) is 0.626. The van der Waals surface area contributed by atoms with Gasteiger partial charge in [0.1, 0.15) is 0 Å². The van der Waals surface area contributed by atoms with E-state index in [-0.39, 0.29) is 5.60 Å². The van der Waals surface area contributed by atoms with Crippen molar-refractivity contribution >= 4 is 11.6 Å². The summed E-state index contributed by atoms with van der Waals surface area (Å²) in [4.78, 5) is 0. The normalized spacial score (nSPS) is 30.6. The average molecular weight is 175 g/mol. The van der Waals surface area contributed by atoms with Gasteiger partial charge >= 0.3 is 0 Å². The molecule has 1 aliphatic rings. The highest BCUT2D eigenvalue weighted by molar-refractivity contribution is 6.18. The van der Waals surface area contributed by atoms with Crippen LogP contribution in [0.1, 0.15) is 25.7 Å². The third-order valence-electron chi connectivity index (χ3n) is 2.23. The second kappa shape index (κ2) is 4.13. The lowest BCUT2D eigenvalue weighted by Gasteiger charge is -2.24. The van der Waals surface area contributed by atoms with Crippen LogP contribution < -0.4 is 0 Å². The topological polar surface area (TPSA) is 9.23 Å². The molecule has 11 heavy (non-hydrogen) atoms. The van der Waals surface area contributed by atoms with Crippen molar-refractivity contribution in [3.63, 3.8) is 0 Å². The molecule has 1 heterocycles. The first kappa shape index (κ1) is 9.08. The van der Waals surface area contributed by atoms with E-state index in [1.165, 1.54) is 0 Å². The van der Waals surface area contributed by atoms with Crippen LogP contribution in [0.15, 0.2) is 12.7 Å². The van der Waals surface area contributed by atoms with E-state index in [0.717, 1.165) is 32.3 Å². The van der Waals surface area contributed by atoms with Gasteiger partial charge < -0.3 is 4.74 Å². The minimum atomic E-state index is -0.0181. The van der Waals surface area contributed by atoms with Crippen LogP contribution >= 0.6 is 11.6 Å². The molecule has 0 aromatic heterocycles. The number of rotatable bonds is 4. The van der Waals surface area contributed by atoms with Crippen LogP contribution in [0.2, 0.25) is 0 Å². The first-order valence-electron chi connectivity index (χ1n) is 4.14. The van der Waals surface area contributed by atoms with Gasteiger partial charge in [-0.2, -0.15) is 0 Å². The summed E-state index contributed by atoms with van der Waals surface area (Å²) >= 11 is 5.84.